The Labute approximate surface area is 226 Å². The van der Waals surface area contributed by atoms with Crippen LogP contribution in [0.25, 0.3) is 11.7 Å². The molecule has 0 saturated carbocycles. The van der Waals surface area contributed by atoms with Gasteiger partial charge in [-0.3, -0.25) is 14.0 Å². The second-order valence-electron chi connectivity index (χ2n) is 9.09. The van der Waals surface area contributed by atoms with Crippen molar-refractivity contribution in [1.82, 2.24) is 14.7 Å². The fourth-order valence-corrected chi connectivity index (χ4v) is 4.59. The number of pyridine rings is 1. The van der Waals surface area contributed by atoms with E-state index < -0.39 is 5.91 Å². The molecule has 0 atom stereocenters. The van der Waals surface area contributed by atoms with Crippen LogP contribution in [-0.4, -0.2) is 48.6 Å². The van der Waals surface area contributed by atoms with Crippen LogP contribution in [0, 0.1) is 11.3 Å². The predicted molar refractivity (Wildman–Crippen MR) is 151 cm³/mol. The third kappa shape index (κ3) is 5.60. The Kier molecular flexibility index (Phi) is 7.55. The summed E-state index contributed by atoms with van der Waals surface area (Å²) in [6.45, 7) is 2.94. The van der Waals surface area contributed by atoms with Gasteiger partial charge in [0.25, 0.3) is 11.5 Å². The van der Waals surface area contributed by atoms with E-state index in [9.17, 15) is 14.9 Å². The van der Waals surface area contributed by atoms with Crippen molar-refractivity contribution in [2.75, 3.05) is 43.1 Å². The van der Waals surface area contributed by atoms with Crippen molar-refractivity contribution in [3.05, 3.63) is 106 Å². The van der Waals surface area contributed by atoms with E-state index >= 15 is 0 Å². The third-order valence-corrected chi connectivity index (χ3v) is 6.72. The Morgan fingerprint density at radius 3 is 2.38 bits per heavy atom. The number of nitriles is 1. The Morgan fingerprint density at radius 1 is 1.00 bits per heavy atom. The lowest BCUT2D eigenvalue weighted by atomic mass is 10.1. The summed E-state index contributed by atoms with van der Waals surface area (Å²) in [5.74, 6) is 0.717. The zero-order valence-corrected chi connectivity index (χ0v) is 21.6. The quantitative estimate of drug-likeness (QED) is 0.295. The highest BCUT2D eigenvalue weighted by atomic mass is 16.5. The van der Waals surface area contributed by atoms with Gasteiger partial charge in [-0.25, -0.2) is 4.98 Å². The molecule has 4 aromatic rings. The topological polar surface area (TPSA) is 103 Å². The number of benzene rings is 2. The van der Waals surface area contributed by atoms with E-state index in [2.05, 4.69) is 10.2 Å². The van der Waals surface area contributed by atoms with Gasteiger partial charge < -0.3 is 19.9 Å². The van der Waals surface area contributed by atoms with Gasteiger partial charge in [-0.15, -0.1) is 0 Å². The minimum absolute atomic E-state index is 0.154. The van der Waals surface area contributed by atoms with Gasteiger partial charge in [-0.05, 0) is 48.0 Å². The summed E-state index contributed by atoms with van der Waals surface area (Å²) in [5.41, 5.74) is 2.22. The summed E-state index contributed by atoms with van der Waals surface area (Å²) in [6.07, 6.45) is 3.00. The molecule has 0 radical (unpaired) electrons. The minimum atomic E-state index is -0.547. The van der Waals surface area contributed by atoms with Crippen LogP contribution in [0.2, 0.25) is 0 Å². The number of amides is 1. The first-order valence-electron chi connectivity index (χ1n) is 12.7. The summed E-state index contributed by atoms with van der Waals surface area (Å²) in [7, 11) is 1.64. The van der Waals surface area contributed by atoms with Gasteiger partial charge in [-0.1, -0.05) is 36.4 Å². The van der Waals surface area contributed by atoms with E-state index in [1.165, 1.54) is 10.5 Å². The van der Waals surface area contributed by atoms with E-state index in [1.54, 1.807) is 25.4 Å². The highest BCUT2D eigenvalue weighted by molar-refractivity contribution is 6.02. The molecule has 5 rings (SSSR count). The molecular weight excluding hydrogens is 492 g/mol. The lowest BCUT2D eigenvalue weighted by molar-refractivity contribution is -0.117. The molecule has 9 heteroatoms. The molecule has 2 aromatic carbocycles. The van der Waals surface area contributed by atoms with E-state index in [-0.39, 0.29) is 23.2 Å². The maximum Gasteiger partial charge on any atom is 0.267 e. The number of aromatic nitrogens is 2. The van der Waals surface area contributed by atoms with Crippen molar-refractivity contribution in [3.8, 4) is 11.8 Å². The standard InChI is InChI=1S/C30H28N6O3/c1-39-25-12-10-24(11-13-25)34-15-17-35(18-16-34)28-26(30(38)36-14-6-5-9-27(36)33-28)19-23(20-31)29(37)32-21-22-7-3-2-4-8-22/h2-14,19H,15-18,21H2,1H3,(H,32,37)/b23-19+. The van der Waals surface area contributed by atoms with E-state index in [0.29, 0.717) is 37.6 Å². The van der Waals surface area contributed by atoms with Gasteiger partial charge in [0.15, 0.2) is 0 Å². The van der Waals surface area contributed by atoms with Crippen LogP contribution in [0.5, 0.6) is 5.75 Å². The average Bonchev–Trinajstić information content (AvgIpc) is 3.00. The highest BCUT2D eigenvalue weighted by Gasteiger charge is 2.24. The maximum absolute atomic E-state index is 13.6. The number of rotatable bonds is 7. The third-order valence-electron chi connectivity index (χ3n) is 6.72. The number of methoxy groups -OCH3 is 1. The molecule has 1 N–H and O–H groups in total. The zero-order chi connectivity index (χ0) is 27.2. The highest BCUT2D eigenvalue weighted by Crippen LogP contribution is 2.24. The van der Waals surface area contributed by atoms with Crippen molar-refractivity contribution in [2.45, 2.75) is 6.54 Å². The molecule has 1 amide bonds. The van der Waals surface area contributed by atoms with Gasteiger partial charge >= 0.3 is 0 Å². The largest absolute Gasteiger partial charge is 0.497 e. The van der Waals surface area contributed by atoms with Crippen molar-refractivity contribution in [3.63, 3.8) is 0 Å². The Morgan fingerprint density at radius 2 is 1.69 bits per heavy atom. The van der Waals surface area contributed by atoms with Crippen LogP contribution >= 0.6 is 0 Å². The smallest absolute Gasteiger partial charge is 0.267 e. The van der Waals surface area contributed by atoms with Crippen molar-refractivity contribution in [2.24, 2.45) is 0 Å². The van der Waals surface area contributed by atoms with Crippen LogP contribution in [0.4, 0.5) is 11.5 Å². The first kappa shape index (κ1) is 25.5. The number of carbonyl (C=O) groups excluding carboxylic acids is 1. The first-order valence-corrected chi connectivity index (χ1v) is 12.7. The van der Waals surface area contributed by atoms with Gasteiger partial charge in [0.2, 0.25) is 0 Å². The van der Waals surface area contributed by atoms with Gasteiger partial charge in [0.05, 0.1) is 12.7 Å². The van der Waals surface area contributed by atoms with Crippen molar-refractivity contribution in [1.29, 1.82) is 5.26 Å². The lowest BCUT2D eigenvalue weighted by Gasteiger charge is -2.37. The van der Waals surface area contributed by atoms with Gasteiger partial charge in [0, 0.05) is 44.6 Å². The fourth-order valence-electron chi connectivity index (χ4n) is 4.59. The summed E-state index contributed by atoms with van der Waals surface area (Å²) in [5, 5.41) is 12.6. The molecular formula is C30H28N6O3. The molecule has 0 unspecified atom stereocenters. The molecule has 2 aromatic heterocycles. The van der Waals surface area contributed by atoms with Crippen LogP contribution in [0.3, 0.4) is 0 Å². The van der Waals surface area contributed by atoms with Crippen molar-refractivity contribution >= 4 is 29.1 Å². The number of fused-ring (bicyclic) bond motifs is 1. The molecule has 0 bridgehead atoms. The normalized spacial score (nSPS) is 13.7. The summed E-state index contributed by atoms with van der Waals surface area (Å²) in [6, 6.07) is 24.6. The monoisotopic (exact) mass is 520 g/mol. The lowest BCUT2D eigenvalue weighted by Crippen LogP contribution is -2.47. The van der Waals surface area contributed by atoms with Crippen LogP contribution < -0.4 is 25.4 Å². The van der Waals surface area contributed by atoms with Crippen LogP contribution in [0.1, 0.15) is 11.1 Å². The molecule has 39 heavy (non-hydrogen) atoms. The molecule has 0 spiro atoms. The predicted octanol–water partition coefficient (Wildman–Crippen LogP) is 3.25. The number of anilines is 2. The van der Waals surface area contributed by atoms with E-state index in [0.717, 1.165) is 17.0 Å². The molecule has 196 valence electrons. The maximum atomic E-state index is 13.6. The second kappa shape index (κ2) is 11.5. The Bertz CT molecular complexity index is 1600. The van der Waals surface area contributed by atoms with Gasteiger partial charge in [-0.2, -0.15) is 5.26 Å². The fraction of sp³-hybridized carbons (Fsp3) is 0.200. The number of piperazine rings is 1. The second-order valence-corrected chi connectivity index (χ2v) is 9.09. The average molecular weight is 521 g/mol. The zero-order valence-electron chi connectivity index (χ0n) is 21.6. The minimum Gasteiger partial charge on any atom is -0.497 e. The van der Waals surface area contributed by atoms with Crippen molar-refractivity contribution < 1.29 is 9.53 Å². The van der Waals surface area contributed by atoms with Crippen LogP contribution in [-0.2, 0) is 11.3 Å². The molecule has 3 heterocycles. The first-order chi connectivity index (χ1) is 19.1. The molecule has 1 fully saturated rings. The van der Waals surface area contributed by atoms with E-state index in [1.807, 2.05) is 71.6 Å². The Balaban J connectivity index is 1.43. The Hall–Kier alpha value is -5.10. The number of ether oxygens (including phenoxy) is 1. The molecule has 1 saturated heterocycles. The summed E-state index contributed by atoms with van der Waals surface area (Å²) < 4.78 is 6.69. The SMILES string of the molecule is COc1ccc(N2CCN(c3nc4ccccn4c(=O)c3/C=C(\C#N)C(=O)NCc3ccccc3)CC2)cc1. The molecule has 1 aliphatic rings. The number of nitrogens with zero attached hydrogens (tertiary/aromatic N) is 5. The number of hydrogen-bond donors (Lipinski definition) is 1. The summed E-state index contributed by atoms with van der Waals surface area (Å²) in [4.78, 5) is 35.6. The van der Waals surface area contributed by atoms with Gasteiger partial charge in [0.1, 0.15) is 28.9 Å². The number of carbonyl (C=O) groups is 1. The molecule has 0 aliphatic carbocycles. The number of nitrogens with one attached hydrogen (secondary N) is 1. The number of hydrogen-bond acceptors (Lipinski definition) is 7. The molecule has 9 nitrogen and oxygen atoms in total. The molecule has 1 aliphatic heterocycles. The van der Waals surface area contributed by atoms with Crippen LogP contribution in [0.15, 0.2) is 89.4 Å². The summed E-state index contributed by atoms with van der Waals surface area (Å²) >= 11 is 0. The van der Waals surface area contributed by atoms with E-state index in [4.69, 9.17) is 9.72 Å².